The molecular weight excluding hydrogens is 232 g/mol. The molecule has 0 aliphatic carbocycles. The SMILES string of the molecule is CCCC(/C=C\Cc1ccccc1)C1CCCOC1. The molecule has 2 rings (SSSR count). The lowest BCUT2D eigenvalue weighted by Gasteiger charge is -2.28. The highest BCUT2D eigenvalue weighted by molar-refractivity contribution is 5.17. The van der Waals surface area contributed by atoms with E-state index >= 15 is 0 Å². The van der Waals surface area contributed by atoms with Crippen molar-refractivity contribution in [2.24, 2.45) is 11.8 Å². The van der Waals surface area contributed by atoms with E-state index in [-0.39, 0.29) is 0 Å². The minimum atomic E-state index is 0.703. The Bertz CT molecular complexity index is 363. The van der Waals surface area contributed by atoms with Gasteiger partial charge in [0.2, 0.25) is 0 Å². The molecule has 1 saturated heterocycles. The van der Waals surface area contributed by atoms with Gasteiger partial charge in [0.1, 0.15) is 0 Å². The summed E-state index contributed by atoms with van der Waals surface area (Å²) in [5.74, 6) is 1.44. The Kier molecular flexibility index (Phi) is 6.16. The maximum absolute atomic E-state index is 5.64. The second-order valence-corrected chi connectivity index (χ2v) is 5.55. The highest BCUT2D eigenvalue weighted by atomic mass is 16.5. The van der Waals surface area contributed by atoms with Crippen LogP contribution in [0, 0.1) is 11.8 Å². The van der Waals surface area contributed by atoms with Crippen LogP contribution in [0.3, 0.4) is 0 Å². The fourth-order valence-corrected chi connectivity index (χ4v) is 2.92. The van der Waals surface area contributed by atoms with Gasteiger partial charge >= 0.3 is 0 Å². The van der Waals surface area contributed by atoms with E-state index in [0.29, 0.717) is 5.92 Å². The molecule has 19 heavy (non-hydrogen) atoms. The first kappa shape index (κ1) is 14.3. The van der Waals surface area contributed by atoms with Crippen LogP contribution in [0.4, 0.5) is 0 Å². The number of hydrogen-bond acceptors (Lipinski definition) is 1. The molecule has 1 aliphatic heterocycles. The molecule has 0 amide bonds. The molecule has 1 heteroatoms. The maximum Gasteiger partial charge on any atom is 0.0499 e. The van der Waals surface area contributed by atoms with Crippen molar-refractivity contribution < 1.29 is 4.74 Å². The lowest BCUT2D eigenvalue weighted by Crippen LogP contribution is -2.24. The molecule has 1 aliphatic rings. The third-order valence-electron chi connectivity index (χ3n) is 4.00. The lowest BCUT2D eigenvalue weighted by atomic mass is 9.84. The van der Waals surface area contributed by atoms with Crippen molar-refractivity contribution in [3.05, 3.63) is 48.0 Å². The van der Waals surface area contributed by atoms with Crippen molar-refractivity contribution in [3.8, 4) is 0 Å². The average Bonchev–Trinajstić information content (AvgIpc) is 2.48. The quantitative estimate of drug-likeness (QED) is 0.676. The van der Waals surface area contributed by atoms with Gasteiger partial charge < -0.3 is 4.74 Å². The number of benzene rings is 1. The molecule has 0 N–H and O–H groups in total. The molecule has 0 bridgehead atoms. The monoisotopic (exact) mass is 258 g/mol. The van der Waals surface area contributed by atoms with Crippen molar-refractivity contribution in [1.29, 1.82) is 0 Å². The van der Waals surface area contributed by atoms with Crippen molar-refractivity contribution in [3.63, 3.8) is 0 Å². The van der Waals surface area contributed by atoms with E-state index in [1.54, 1.807) is 0 Å². The van der Waals surface area contributed by atoms with Crippen LogP contribution in [0.25, 0.3) is 0 Å². The molecular formula is C18H26O. The van der Waals surface area contributed by atoms with Gasteiger partial charge in [-0.3, -0.25) is 0 Å². The van der Waals surface area contributed by atoms with Gasteiger partial charge in [0.05, 0.1) is 0 Å². The number of ether oxygens (including phenoxy) is 1. The van der Waals surface area contributed by atoms with Crippen molar-refractivity contribution in [2.75, 3.05) is 13.2 Å². The van der Waals surface area contributed by atoms with Gasteiger partial charge in [-0.2, -0.15) is 0 Å². The highest BCUT2D eigenvalue weighted by Crippen LogP contribution is 2.27. The van der Waals surface area contributed by atoms with Crippen LogP contribution < -0.4 is 0 Å². The lowest BCUT2D eigenvalue weighted by molar-refractivity contribution is 0.0375. The zero-order valence-corrected chi connectivity index (χ0v) is 12.1. The highest BCUT2D eigenvalue weighted by Gasteiger charge is 2.21. The minimum Gasteiger partial charge on any atom is -0.381 e. The van der Waals surface area contributed by atoms with Crippen LogP contribution in [-0.2, 0) is 11.2 Å². The van der Waals surface area contributed by atoms with Crippen LogP contribution in [0.1, 0.15) is 38.2 Å². The summed E-state index contributed by atoms with van der Waals surface area (Å²) in [7, 11) is 0. The van der Waals surface area contributed by atoms with Crippen molar-refractivity contribution in [1.82, 2.24) is 0 Å². The number of hydrogen-bond donors (Lipinski definition) is 0. The predicted octanol–water partition coefficient (Wildman–Crippen LogP) is 4.63. The van der Waals surface area contributed by atoms with E-state index in [2.05, 4.69) is 49.4 Å². The van der Waals surface area contributed by atoms with Crippen molar-refractivity contribution in [2.45, 2.75) is 39.0 Å². The fourth-order valence-electron chi connectivity index (χ4n) is 2.92. The Morgan fingerprint density at radius 3 is 2.84 bits per heavy atom. The van der Waals surface area contributed by atoms with Gasteiger partial charge in [-0.15, -0.1) is 0 Å². The molecule has 2 unspecified atom stereocenters. The molecule has 0 spiro atoms. The third-order valence-corrected chi connectivity index (χ3v) is 4.00. The van der Waals surface area contributed by atoms with E-state index < -0.39 is 0 Å². The van der Waals surface area contributed by atoms with E-state index in [4.69, 9.17) is 4.74 Å². The Labute approximate surface area is 117 Å². The van der Waals surface area contributed by atoms with Gasteiger partial charge in [0.25, 0.3) is 0 Å². The smallest absolute Gasteiger partial charge is 0.0499 e. The third kappa shape index (κ3) is 4.83. The van der Waals surface area contributed by atoms with E-state index in [1.807, 2.05) is 0 Å². The summed E-state index contributed by atoms with van der Waals surface area (Å²) in [5, 5.41) is 0. The second kappa shape index (κ2) is 8.16. The first-order valence-electron chi connectivity index (χ1n) is 7.68. The molecule has 1 fully saturated rings. The minimum absolute atomic E-state index is 0.703. The number of rotatable bonds is 6. The van der Waals surface area contributed by atoms with Crippen LogP contribution in [0.5, 0.6) is 0 Å². The summed E-state index contributed by atoms with van der Waals surface area (Å²) in [5.41, 5.74) is 1.40. The largest absolute Gasteiger partial charge is 0.381 e. The van der Waals surface area contributed by atoms with Crippen LogP contribution in [-0.4, -0.2) is 13.2 Å². The Morgan fingerprint density at radius 2 is 2.16 bits per heavy atom. The normalized spacial score (nSPS) is 21.6. The summed E-state index contributed by atoms with van der Waals surface area (Å²) >= 11 is 0. The Morgan fingerprint density at radius 1 is 1.32 bits per heavy atom. The molecule has 0 radical (unpaired) electrons. The zero-order valence-electron chi connectivity index (χ0n) is 12.1. The standard InChI is InChI=1S/C18H26O/c1-2-8-17(18-13-7-14-19-15-18)12-6-11-16-9-4-3-5-10-16/h3-6,9-10,12,17-18H,2,7-8,11,13-15H2,1H3/b12-6-. The van der Waals surface area contributed by atoms with Gasteiger partial charge in [0, 0.05) is 13.2 Å². The van der Waals surface area contributed by atoms with Crippen LogP contribution >= 0.6 is 0 Å². The predicted molar refractivity (Wildman–Crippen MR) is 81.2 cm³/mol. The van der Waals surface area contributed by atoms with Crippen LogP contribution in [0.15, 0.2) is 42.5 Å². The Hall–Kier alpha value is -1.08. The molecule has 0 saturated carbocycles. The van der Waals surface area contributed by atoms with Gasteiger partial charge in [-0.1, -0.05) is 55.8 Å². The molecule has 2 atom stereocenters. The topological polar surface area (TPSA) is 9.23 Å². The first-order chi connectivity index (χ1) is 9.40. The molecule has 1 aromatic carbocycles. The van der Waals surface area contributed by atoms with Gasteiger partial charge in [0.15, 0.2) is 0 Å². The summed E-state index contributed by atoms with van der Waals surface area (Å²) < 4.78 is 5.64. The second-order valence-electron chi connectivity index (χ2n) is 5.55. The average molecular weight is 258 g/mol. The van der Waals surface area contributed by atoms with E-state index in [1.165, 1.54) is 31.2 Å². The fraction of sp³-hybridized carbons (Fsp3) is 0.556. The Balaban J connectivity index is 1.88. The first-order valence-corrected chi connectivity index (χ1v) is 7.68. The maximum atomic E-state index is 5.64. The van der Waals surface area contributed by atoms with Crippen molar-refractivity contribution >= 4 is 0 Å². The van der Waals surface area contributed by atoms with E-state index in [9.17, 15) is 0 Å². The number of allylic oxidation sites excluding steroid dienone is 2. The molecule has 104 valence electrons. The summed E-state index contributed by atoms with van der Waals surface area (Å²) in [6.07, 6.45) is 11.0. The summed E-state index contributed by atoms with van der Waals surface area (Å²) in [6, 6.07) is 10.7. The molecule has 1 aromatic rings. The van der Waals surface area contributed by atoms with Gasteiger partial charge in [-0.05, 0) is 43.1 Å². The van der Waals surface area contributed by atoms with Gasteiger partial charge in [-0.25, -0.2) is 0 Å². The summed E-state index contributed by atoms with van der Waals surface area (Å²) in [4.78, 5) is 0. The zero-order chi connectivity index (χ0) is 13.3. The van der Waals surface area contributed by atoms with E-state index in [0.717, 1.165) is 25.6 Å². The van der Waals surface area contributed by atoms with Crippen LogP contribution in [0.2, 0.25) is 0 Å². The molecule has 1 nitrogen and oxygen atoms in total. The molecule has 1 heterocycles. The molecule has 0 aromatic heterocycles. The summed E-state index contributed by atoms with van der Waals surface area (Å²) in [6.45, 7) is 4.20.